The third kappa shape index (κ3) is 7.01. The lowest BCUT2D eigenvalue weighted by Crippen LogP contribution is -2.32. The zero-order valence-electron chi connectivity index (χ0n) is 18.5. The molecule has 0 unspecified atom stereocenters. The first kappa shape index (κ1) is 24.7. The summed E-state index contributed by atoms with van der Waals surface area (Å²) in [4.78, 5) is 36.7. The fraction of sp³-hybridized carbons (Fsp3) is 0.120. The summed E-state index contributed by atoms with van der Waals surface area (Å²) in [6.45, 7) is 4.27. The number of nitrogens with zero attached hydrogens (tertiary/aromatic N) is 1. The van der Waals surface area contributed by atoms with Gasteiger partial charge in [-0.1, -0.05) is 33.6 Å². The number of rotatable bonds is 7. The Labute approximate surface area is 205 Å². The summed E-state index contributed by atoms with van der Waals surface area (Å²) in [6, 6.07) is 18.6. The Balaban J connectivity index is 1.63. The summed E-state index contributed by atoms with van der Waals surface area (Å²) >= 11 is 3.35. The van der Waals surface area contributed by atoms with Gasteiger partial charge in [-0.05, 0) is 68.4 Å². The molecule has 0 saturated carbocycles. The van der Waals surface area contributed by atoms with Crippen molar-refractivity contribution in [2.45, 2.75) is 13.8 Å². The number of aryl methyl sites for hydroxylation is 1. The van der Waals surface area contributed by atoms with Crippen LogP contribution in [0.4, 0.5) is 5.69 Å². The van der Waals surface area contributed by atoms with Crippen molar-refractivity contribution in [3.8, 4) is 11.5 Å². The molecular formula is C25H22BrN3O5. The smallest absolute Gasteiger partial charge is 0.343 e. The van der Waals surface area contributed by atoms with E-state index in [1.54, 1.807) is 60.7 Å². The van der Waals surface area contributed by atoms with Crippen molar-refractivity contribution in [1.29, 1.82) is 0 Å². The molecule has 0 radical (unpaired) electrons. The molecule has 0 aromatic heterocycles. The highest BCUT2D eigenvalue weighted by Gasteiger charge is 2.14. The van der Waals surface area contributed by atoms with Gasteiger partial charge in [0.05, 0.1) is 18.4 Å². The van der Waals surface area contributed by atoms with E-state index in [-0.39, 0.29) is 5.75 Å². The Kier molecular flexibility index (Phi) is 8.53. The number of amides is 2. The van der Waals surface area contributed by atoms with Crippen LogP contribution in [0.15, 0.2) is 76.3 Å². The standard InChI is InChI=1S/C25H22BrN3O5/c1-3-33-21-10-8-20(9-11-21)28-23(30)24(31)29-27-15-18-14-19(26)7-12-22(18)34-25(32)17-6-4-5-16(2)13-17/h4-15H,3H2,1-2H3,(H,28,30)(H,29,31)/b27-15-. The fourth-order valence-corrected chi connectivity index (χ4v) is 3.22. The van der Waals surface area contributed by atoms with Crippen LogP contribution in [0, 0.1) is 6.92 Å². The van der Waals surface area contributed by atoms with E-state index < -0.39 is 17.8 Å². The predicted molar refractivity (Wildman–Crippen MR) is 132 cm³/mol. The van der Waals surface area contributed by atoms with Crippen LogP contribution in [-0.2, 0) is 9.59 Å². The maximum Gasteiger partial charge on any atom is 0.343 e. The first-order valence-corrected chi connectivity index (χ1v) is 11.1. The first-order valence-electron chi connectivity index (χ1n) is 10.3. The molecule has 2 N–H and O–H groups in total. The number of esters is 1. The number of hydrazone groups is 1. The molecule has 0 saturated heterocycles. The van der Waals surface area contributed by atoms with E-state index in [9.17, 15) is 14.4 Å². The molecule has 0 aliphatic rings. The maximum absolute atomic E-state index is 12.5. The number of hydrogen-bond acceptors (Lipinski definition) is 6. The van der Waals surface area contributed by atoms with E-state index in [4.69, 9.17) is 9.47 Å². The molecular weight excluding hydrogens is 502 g/mol. The Morgan fingerprint density at radius 3 is 2.47 bits per heavy atom. The normalized spacial score (nSPS) is 10.6. The van der Waals surface area contributed by atoms with E-state index in [0.29, 0.717) is 33.6 Å². The Morgan fingerprint density at radius 2 is 1.76 bits per heavy atom. The number of halogens is 1. The highest BCUT2D eigenvalue weighted by molar-refractivity contribution is 9.10. The average molecular weight is 524 g/mol. The Morgan fingerprint density at radius 1 is 1.00 bits per heavy atom. The lowest BCUT2D eigenvalue weighted by atomic mass is 10.1. The number of carbonyl (C=O) groups is 3. The van der Waals surface area contributed by atoms with Crippen molar-refractivity contribution >= 4 is 45.6 Å². The average Bonchev–Trinajstić information content (AvgIpc) is 2.82. The molecule has 0 atom stereocenters. The molecule has 0 aliphatic heterocycles. The molecule has 3 aromatic carbocycles. The molecule has 9 heteroatoms. The fourth-order valence-electron chi connectivity index (χ4n) is 2.84. The number of anilines is 1. The van der Waals surface area contributed by atoms with E-state index >= 15 is 0 Å². The summed E-state index contributed by atoms with van der Waals surface area (Å²) in [5.41, 5.74) is 4.35. The van der Waals surface area contributed by atoms with Crippen LogP contribution in [0.2, 0.25) is 0 Å². The van der Waals surface area contributed by atoms with Gasteiger partial charge in [-0.25, -0.2) is 10.2 Å². The van der Waals surface area contributed by atoms with Crippen molar-refractivity contribution < 1.29 is 23.9 Å². The van der Waals surface area contributed by atoms with E-state index in [0.717, 1.165) is 5.56 Å². The molecule has 174 valence electrons. The van der Waals surface area contributed by atoms with Gasteiger partial charge >= 0.3 is 17.8 Å². The highest BCUT2D eigenvalue weighted by atomic mass is 79.9. The van der Waals surface area contributed by atoms with Gasteiger partial charge in [0.1, 0.15) is 11.5 Å². The summed E-state index contributed by atoms with van der Waals surface area (Å²) < 4.78 is 11.5. The lowest BCUT2D eigenvalue weighted by molar-refractivity contribution is -0.136. The Hall–Kier alpha value is -3.98. The maximum atomic E-state index is 12.5. The minimum atomic E-state index is -0.960. The topological polar surface area (TPSA) is 106 Å². The van der Waals surface area contributed by atoms with Gasteiger partial charge in [-0.3, -0.25) is 9.59 Å². The molecule has 0 aliphatic carbocycles. The molecule has 0 fully saturated rings. The van der Waals surface area contributed by atoms with Gasteiger partial charge in [-0.15, -0.1) is 0 Å². The predicted octanol–water partition coefficient (Wildman–Crippen LogP) is 4.46. The Bertz CT molecular complexity index is 1230. The number of ether oxygens (including phenoxy) is 2. The van der Waals surface area contributed by atoms with Crippen molar-refractivity contribution in [3.05, 3.63) is 87.9 Å². The molecule has 34 heavy (non-hydrogen) atoms. The second-order valence-corrected chi connectivity index (χ2v) is 7.97. The minimum absolute atomic E-state index is 0.242. The highest BCUT2D eigenvalue weighted by Crippen LogP contribution is 2.23. The third-order valence-corrected chi connectivity index (χ3v) is 4.92. The van der Waals surface area contributed by atoms with Crippen molar-refractivity contribution in [1.82, 2.24) is 5.43 Å². The van der Waals surface area contributed by atoms with Crippen LogP contribution >= 0.6 is 15.9 Å². The van der Waals surface area contributed by atoms with Crippen LogP contribution in [0.3, 0.4) is 0 Å². The van der Waals surface area contributed by atoms with Crippen LogP contribution in [0.25, 0.3) is 0 Å². The van der Waals surface area contributed by atoms with Crippen molar-refractivity contribution in [2.24, 2.45) is 5.10 Å². The summed E-state index contributed by atoms with van der Waals surface area (Å²) in [6.07, 6.45) is 1.28. The van der Waals surface area contributed by atoms with Crippen LogP contribution in [-0.4, -0.2) is 30.6 Å². The van der Waals surface area contributed by atoms with Crippen LogP contribution < -0.4 is 20.2 Å². The van der Waals surface area contributed by atoms with Gasteiger partial charge in [0, 0.05) is 15.7 Å². The second kappa shape index (κ2) is 11.8. The van der Waals surface area contributed by atoms with Gasteiger partial charge < -0.3 is 14.8 Å². The van der Waals surface area contributed by atoms with Crippen LogP contribution in [0.5, 0.6) is 11.5 Å². The first-order chi connectivity index (χ1) is 16.4. The minimum Gasteiger partial charge on any atom is -0.494 e. The zero-order chi connectivity index (χ0) is 24.5. The molecule has 0 heterocycles. The van der Waals surface area contributed by atoms with E-state index in [2.05, 4.69) is 31.8 Å². The van der Waals surface area contributed by atoms with Gasteiger partial charge in [-0.2, -0.15) is 5.10 Å². The second-order valence-electron chi connectivity index (χ2n) is 7.05. The third-order valence-electron chi connectivity index (χ3n) is 4.43. The summed E-state index contributed by atoms with van der Waals surface area (Å²) in [7, 11) is 0. The molecule has 0 bridgehead atoms. The number of nitrogens with one attached hydrogen (secondary N) is 2. The summed E-state index contributed by atoms with van der Waals surface area (Å²) in [5, 5.41) is 6.29. The number of carbonyl (C=O) groups excluding carboxylic acids is 3. The molecule has 2 amide bonds. The van der Waals surface area contributed by atoms with E-state index in [1.807, 2.05) is 19.9 Å². The lowest BCUT2D eigenvalue weighted by Gasteiger charge is -2.09. The van der Waals surface area contributed by atoms with Gasteiger partial charge in [0.15, 0.2) is 0 Å². The quantitative estimate of drug-likeness (QED) is 0.156. The van der Waals surface area contributed by atoms with Gasteiger partial charge in [0.25, 0.3) is 0 Å². The summed E-state index contributed by atoms with van der Waals surface area (Å²) in [5.74, 6) is -1.48. The largest absolute Gasteiger partial charge is 0.494 e. The van der Waals surface area contributed by atoms with Crippen molar-refractivity contribution in [2.75, 3.05) is 11.9 Å². The molecule has 8 nitrogen and oxygen atoms in total. The molecule has 3 rings (SSSR count). The number of hydrogen-bond donors (Lipinski definition) is 2. The number of benzene rings is 3. The van der Waals surface area contributed by atoms with Crippen LogP contribution in [0.1, 0.15) is 28.4 Å². The van der Waals surface area contributed by atoms with E-state index in [1.165, 1.54) is 6.21 Å². The molecule has 3 aromatic rings. The SMILES string of the molecule is CCOc1ccc(NC(=O)C(=O)N/N=C\c2cc(Br)ccc2OC(=O)c2cccc(C)c2)cc1. The molecule has 0 spiro atoms. The zero-order valence-corrected chi connectivity index (χ0v) is 20.1. The monoisotopic (exact) mass is 523 g/mol. The van der Waals surface area contributed by atoms with Crippen molar-refractivity contribution in [3.63, 3.8) is 0 Å². The van der Waals surface area contributed by atoms with Gasteiger partial charge in [0.2, 0.25) is 0 Å².